The van der Waals surface area contributed by atoms with Crippen LogP contribution in [0.25, 0.3) is 49.0 Å². The molecule has 6 rings (SSSR count). The van der Waals surface area contributed by atoms with Crippen LogP contribution >= 0.6 is 0 Å². The van der Waals surface area contributed by atoms with E-state index in [9.17, 15) is 0 Å². The summed E-state index contributed by atoms with van der Waals surface area (Å²) in [6.07, 6.45) is 6.18. The van der Waals surface area contributed by atoms with E-state index < -0.39 is 8.07 Å². The SMILES string of the molecule is Cc1cc2c3cnccc3n3c4cc([Si](C)(C)C)cc5cc[n+](C)c(c(c1C)c23)c54. The fourth-order valence-corrected chi connectivity index (χ4v) is 6.34. The highest BCUT2D eigenvalue weighted by atomic mass is 28.3. The molecule has 148 valence electrons. The fourth-order valence-electron chi connectivity index (χ4n) is 5.18. The van der Waals surface area contributed by atoms with Crippen LogP contribution in [0.1, 0.15) is 11.1 Å². The van der Waals surface area contributed by atoms with Crippen LogP contribution in [0.3, 0.4) is 0 Å². The van der Waals surface area contributed by atoms with E-state index in [1.54, 1.807) is 0 Å². The van der Waals surface area contributed by atoms with E-state index in [0.29, 0.717) is 0 Å². The Kier molecular flexibility index (Phi) is 3.32. The summed E-state index contributed by atoms with van der Waals surface area (Å²) < 4.78 is 4.81. The number of nitrogens with zero attached hydrogens (tertiary/aromatic N) is 3. The second kappa shape index (κ2) is 5.58. The Labute approximate surface area is 176 Å². The minimum absolute atomic E-state index is 1.24. The lowest BCUT2D eigenvalue weighted by Crippen LogP contribution is -2.38. The van der Waals surface area contributed by atoms with Gasteiger partial charge in [0.15, 0.2) is 6.20 Å². The molecule has 0 atom stereocenters. The summed E-state index contributed by atoms with van der Waals surface area (Å²) in [4.78, 5) is 4.47. The molecule has 0 fully saturated rings. The Morgan fingerprint density at radius 3 is 2.50 bits per heavy atom. The van der Waals surface area contributed by atoms with Crippen LogP contribution in [-0.4, -0.2) is 17.5 Å². The summed E-state index contributed by atoms with van der Waals surface area (Å²) in [5, 5.41) is 8.10. The van der Waals surface area contributed by atoms with E-state index in [0.717, 1.165) is 0 Å². The van der Waals surface area contributed by atoms with Crippen LogP contribution in [-0.2, 0) is 7.05 Å². The van der Waals surface area contributed by atoms with Gasteiger partial charge in [-0.3, -0.25) is 4.98 Å². The monoisotopic (exact) mass is 408 g/mol. The van der Waals surface area contributed by atoms with E-state index in [1.807, 2.05) is 12.4 Å². The normalized spacial score (nSPS) is 13.0. The number of aryl methyl sites for hydroxylation is 3. The Morgan fingerprint density at radius 2 is 1.73 bits per heavy atom. The van der Waals surface area contributed by atoms with Gasteiger partial charge in [-0.25, -0.2) is 4.57 Å². The molecule has 3 nitrogen and oxygen atoms in total. The zero-order valence-electron chi connectivity index (χ0n) is 18.5. The first-order chi connectivity index (χ1) is 14.3. The first-order valence-corrected chi connectivity index (χ1v) is 14.1. The lowest BCUT2D eigenvalue weighted by molar-refractivity contribution is -0.643. The molecule has 4 heteroatoms. The number of pyridine rings is 3. The topological polar surface area (TPSA) is 21.2 Å². The lowest BCUT2D eigenvalue weighted by atomic mass is 9.97. The van der Waals surface area contributed by atoms with Gasteiger partial charge in [-0.1, -0.05) is 30.9 Å². The van der Waals surface area contributed by atoms with Crippen LogP contribution in [0.5, 0.6) is 0 Å². The third-order valence-corrected chi connectivity index (χ3v) is 8.95. The average molecular weight is 409 g/mol. The van der Waals surface area contributed by atoms with E-state index in [-0.39, 0.29) is 0 Å². The Hall–Kier alpha value is -2.98. The largest absolute Gasteiger partial charge is 0.307 e. The Bertz CT molecular complexity index is 1650. The van der Waals surface area contributed by atoms with Crippen molar-refractivity contribution < 1.29 is 4.57 Å². The van der Waals surface area contributed by atoms with Crippen molar-refractivity contribution in [3.05, 3.63) is 60.0 Å². The summed E-state index contributed by atoms with van der Waals surface area (Å²) in [6, 6.07) is 11.7. The lowest BCUT2D eigenvalue weighted by Gasteiger charge is -2.20. The van der Waals surface area contributed by atoms with Crippen molar-refractivity contribution in [1.82, 2.24) is 9.38 Å². The van der Waals surface area contributed by atoms with Gasteiger partial charge in [-0.15, -0.1) is 0 Å². The van der Waals surface area contributed by atoms with Gasteiger partial charge < -0.3 is 4.40 Å². The third-order valence-electron chi connectivity index (χ3n) is 6.93. The summed E-state index contributed by atoms with van der Waals surface area (Å²) in [5.41, 5.74) is 7.92. The number of aromatic nitrogens is 3. The molecule has 0 bridgehead atoms. The molecule has 30 heavy (non-hydrogen) atoms. The van der Waals surface area contributed by atoms with Crippen LogP contribution in [0.15, 0.2) is 48.9 Å². The third kappa shape index (κ3) is 2.09. The van der Waals surface area contributed by atoms with Gasteiger partial charge in [0.1, 0.15) is 7.05 Å². The van der Waals surface area contributed by atoms with Crippen molar-refractivity contribution in [2.75, 3.05) is 0 Å². The quantitative estimate of drug-likeness (QED) is 0.155. The van der Waals surface area contributed by atoms with Gasteiger partial charge in [0.2, 0.25) is 5.52 Å². The molecule has 0 aliphatic carbocycles. The molecule has 0 N–H and O–H groups in total. The molecule has 0 aliphatic heterocycles. The first-order valence-electron chi connectivity index (χ1n) is 10.6. The summed E-state index contributed by atoms with van der Waals surface area (Å²) in [7, 11) is 0.700. The molecule has 4 heterocycles. The number of benzene rings is 2. The molecular weight excluding hydrogens is 382 g/mol. The highest BCUT2D eigenvalue weighted by molar-refractivity contribution is 6.89. The molecule has 0 amide bonds. The van der Waals surface area contributed by atoms with Gasteiger partial charge in [-0.05, 0) is 48.6 Å². The number of fused-ring (bicyclic) bond motifs is 5. The van der Waals surface area contributed by atoms with Crippen LogP contribution in [0, 0.1) is 13.8 Å². The second-order valence-electron chi connectivity index (χ2n) is 9.80. The smallest absolute Gasteiger partial charge is 0.224 e. The Morgan fingerprint density at radius 1 is 0.933 bits per heavy atom. The van der Waals surface area contributed by atoms with Gasteiger partial charge in [0, 0.05) is 29.2 Å². The summed E-state index contributed by atoms with van der Waals surface area (Å²) in [5.74, 6) is 0. The summed E-state index contributed by atoms with van der Waals surface area (Å²) >= 11 is 0. The van der Waals surface area contributed by atoms with Crippen molar-refractivity contribution in [3.8, 4) is 0 Å². The predicted octanol–water partition coefficient (Wildman–Crippen LogP) is 5.37. The summed E-state index contributed by atoms with van der Waals surface area (Å²) in [6.45, 7) is 11.8. The highest BCUT2D eigenvalue weighted by Crippen LogP contribution is 2.41. The van der Waals surface area contributed by atoms with Gasteiger partial charge in [0.05, 0.1) is 35.4 Å². The fraction of sp³-hybridized carbons (Fsp3) is 0.231. The average Bonchev–Trinajstić information content (AvgIpc) is 3.03. The van der Waals surface area contributed by atoms with Crippen molar-refractivity contribution in [3.63, 3.8) is 0 Å². The number of hydrogen-bond donors (Lipinski definition) is 0. The molecule has 0 radical (unpaired) electrons. The molecule has 2 aromatic carbocycles. The van der Waals surface area contributed by atoms with Crippen molar-refractivity contribution >= 4 is 62.3 Å². The maximum absolute atomic E-state index is 4.47. The standard InChI is InChI=1S/C26H26N3Si/c1-15-11-19-20-14-27-9-7-21(20)29-22-13-18(30(4,5)6)12-17-8-10-28(3)26(24(17)22)23(16(15)2)25(19)29/h7-14H,1-6H3/q+1. The van der Waals surface area contributed by atoms with Crippen molar-refractivity contribution in [1.29, 1.82) is 0 Å². The number of rotatable bonds is 1. The minimum Gasteiger partial charge on any atom is -0.307 e. The molecule has 0 unspecified atom stereocenters. The Balaban J connectivity index is 2.09. The van der Waals surface area contributed by atoms with Gasteiger partial charge in [-0.2, -0.15) is 0 Å². The molecule has 0 saturated carbocycles. The number of hydrogen-bond acceptors (Lipinski definition) is 1. The van der Waals surface area contributed by atoms with Gasteiger partial charge >= 0.3 is 0 Å². The van der Waals surface area contributed by atoms with Gasteiger partial charge in [0.25, 0.3) is 0 Å². The second-order valence-corrected chi connectivity index (χ2v) is 14.9. The van der Waals surface area contributed by atoms with E-state index in [1.165, 1.54) is 65.3 Å². The van der Waals surface area contributed by atoms with E-state index in [2.05, 4.69) is 91.0 Å². The highest BCUT2D eigenvalue weighted by Gasteiger charge is 2.26. The molecular formula is C26H26N3Si+. The molecule has 0 spiro atoms. The zero-order valence-corrected chi connectivity index (χ0v) is 19.5. The minimum atomic E-state index is -1.48. The molecule has 6 aromatic rings. The van der Waals surface area contributed by atoms with Crippen LogP contribution in [0.2, 0.25) is 19.6 Å². The molecule has 4 aromatic heterocycles. The maximum atomic E-state index is 4.47. The van der Waals surface area contributed by atoms with Crippen molar-refractivity contribution in [2.45, 2.75) is 33.5 Å². The van der Waals surface area contributed by atoms with Crippen molar-refractivity contribution in [2.24, 2.45) is 7.05 Å². The van der Waals surface area contributed by atoms with Crippen LogP contribution < -0.4 is 9.75 Å². The van der Waals surface area contributed by atoms with Crippen LogP contribution in [0.4, 0.5) is 0 Å². The van der Waals surface area contributed by atoms with E-state index in [4.69, 9.17) is 0 Å². The maximum Gasteiger partial charge on any atom is 0.224 e. The zero-order chi connectivity index (χ0) is 20.9. The van der Waals surface area contributed by atoms with E-state index >= 15 is 0 Å². The molecule has 0 saturated heterocycles. The predicted molar refractivity (Wildman–Crippen MR) is 130 cm³/mol. The first kappa shape index (κ1) is 17.8. The molecule has 0 aliphatic rings.